The maximum Gasteiger partial charge on any atom is 0.0940 e. The first kappa shape index (κ1) is 15.1. The molecular weight excluding hydrogens is 348 g/mol. The number of hydrogen-bond donors (Lipinski definition) is 1. The Bertz CT molecular complexity index is 670. The molecule has 0 saturated heterocycles. The Kier molecular flexibility index (Phi) is 4.13. The van der Waals surface area contributed by atoms with E-state index in [0.717, 1.165) is 28.4 Å². The van der Waals surface area contributed by atoms with Gasteiger partial charge in [0.05, 0.1) is 5.60 Å². The molecule has 0 radical (unpaired) electrons. The van der Waals surface area contributed by atoms with Gasteiger partial charge in [0.25, 0.3) is 0 Å². The lowest BCUT2D eigenvalue weighted by atomic mass is 9.72. The summed E-state index contributed by atoms with van der Waals surface area (Å²) in [5, 5.41) is 11.9. The van der Waals surface area contributed by atoms with Crippen LogP contribution in [0.15, 0.2) is 46.9 Å². The minimum absolute atomic E-state index is 0.502. The molecule has 1 aliphatic carbocycles. The van der Waals surface area contributed by atoms with Gasteiger partial charge in [-0.25, -0.2) is 0 Å². The third-order valence-electron chi connectivity index (χ3n) is 4.48. The van der Waals surface area contributed by atoms with Crippen LogP contribution in [0, 0.1) is 0 Å². The molecule has 3 heteroatoms. The van der Waals surface area contributed by atoms with Crippen LogP contribution in [0.2, 0.25) is 5.02 Å². The van der Waals surface area contributed by atoms with Crippen molar-refractivity contribution in [3.8, 4) is 0 Å². The normalized spacial score (nSPS) is 24.7. The summed E-state index contributed by atoms with van der Waals surface area (Å²) in [6.45, 7) is 2.23. The van der Waals surface area contributed by atoms with Crippen molar-refractivity contribution >= 4 is 27.5 Å². The van der Waals surface area contributed by atoms with Gasteiger partial charge in [0, 0.05) is 15.9 Å². The fourth-order valence-electron chi connectivity index (χ4n) is 3.26. The Labute approximate surface area is 139 Å². The van der Waals surface area contributed by atoms with Crippen LogP contribution in [0.4, 0.5) is 0 Å². The molecule has 1 nitrogen and oxygen atoms in total. The fourth-order valence-corrected chi connectivity index (χ4v) is 4.00. The molecule has 0 bridgehead atoms. The van der Waals surface area contributed by atoms with E-state index < -0.39 is 5.60 Å². The van der Waals surface area contributed by atoms with Crippen molar-refractivity contribution < 1.29 is 5.11 Å². The molecule has 110 valence electrons. The van der Waals surface area contributed by atoms with Crippen molar-refractivity contribution in [3.63, 3.8) is 0 Å². The van der Waals surface area contributed by atoms with Gasteiger partial charge in [-0.05, 0) is 47.6 Å². The Balaban J connectivity index is 2.00. The Hall–Kier alpha value is -0.830. The zero-order valence-electron chi connectivity index (χ0n) is 11.9. The molecule has 2 aromatic carbocycles. The summed E-state index contributed by atoms with van der Waals surface area (Å²) in [6, 6.07) is 14.1. The molecule has 1 aliphatic rings. The van der Waals surface area contributed by atoms with E-state index in [2.05, 4.69) is 35.0 Å². The van der Waals surface area contributed by atoms with Gasteiger partial charge in [0.15, 0.2) is 0 Å². The average Bonchev–Trinajstić information content (AvgIpc) is 2.47. The molecule has 3 rings (SSSR count). The van der Waals surface area contributed by atoms with Crippen LogP contribution in [-0.4, -0.2) is 5.11 Å². The van der Waals surface area contributed by atoms with Gasteiger partial charge in [0.1, 0.15) is 0 Å². The quantitative estimate of drug-likeness (QED) is 0.752. The predicted molar refractivity (Wildman–Crippen MR) is 90.8 cm³/mol. The summed E-state index contributed by atoms with van der Waals surface area (Å²) in [6.07, 6.45) is 2.34. The Morgan fingerprint density at radius 1 is 1.29 bits per heavy atom. The summed E-state index contributed by atoms with van der Waals surface area (Å²) in [7, 11) is 0. The zero-order valence-corrected chi connectivity index (χ0v) is 14.3. The van der Waals surface area contributed by atoms with Gasteiger partial charge in [-0.1, -0.05) is 64.8 Å². The summed E-state index contributed by atoms with van der Waals surface area (Å²) in [4.78, 5) is 0. The Morgan fingerprint density at radius 2 is 2.05 bits per heavy atom. The summed E-state index contributed by atoms with van der Waals surface area (Å²) in [5.74, 6) is 0.502. The van der Waals surface area contributed by atoms with E-state index >= 15 is 0 Å². The molecule has 2 atom stereocenters. The highest BCUT2D eigenvalue weighted by Gasteiger charge is 2.37. The molecule has 1 N–H and O–H groups in total. The van der Waals surface area contributed by atoms with E-state index in [0.29, 0.717) is 17.4 Å². The SMILES string of the molecule is CC1CCC(O)(Cc2ccc(Br)cc2Cl)c2ccccc21. The highest BCUT2D eigenvalue weighted by atomic mass is 79.9. The van der Waals surface area contributed by atoms with Gasteiger partial charge in [-0.15, -0.1) is 0 Å². The first-order chi connectivity index (χ1) is 9.99. The molecule has 0 aliphatic heterocycles. The van der Waals surface area contributed by atoms with Gasteiger partial charge < -0.3 is 5.11 Å². The van der Waals surface area contributed by atoms with Crippen LogP contribution in [-0.2, 0) is 12.0 Å². The molecule has 2 unspecified atom stereocenters. The monoisotopic (exact) mass is 364 g/mol. The lowest BCUT2D eigenvalue weighted by Crippen LogP contribution is -2.34. The van der Waals surface area contributed by atoms with Crippen LogP contribution in [0.5, 0.6) is 0 Å². The standard InChI is InChI=1S/C18H18BrClO/c1-12-8-9-18(21,16-5-3-2-4-15(12)16)11-13-6-7-14(19)10-17(13)20/h2-7,10,12,21H,8-9,11H2,1H3. The van der Waals surface area contributed by atoms with Crippen LogP contribution in [0.3, 0.4) is 0 Å². The van der Waals surface area contributed by atoms with Crippen LogP contribution in [0.1, 0.15) is 42.4 Å². The molecule has 21 heavy (non-hydrogen) atoms. The molecule has 0 heterocycles. The topological polar surface area (TPSA) is 20.2 Å². The fraction of sp³-hybridized carbons (Fsp3) is 0.333. The van der Waals surface area contributed by atoms with E-state index in [1.807, 2.05) is 30.3 Å². The highest BCUT2D eigenvalue weighted by molar-refractivity contribution is 9.10. The van der Waals surface area contributed by atoms with Crippen molar-refractivity contribution in [3.05, 3.63) is 68.7 Å². The summed E-state index contributed by atoms with van der Waals surface area (Å²) in [5.41, 5.74) is 2.49. The first-order valence-corrected chi connectivity index (χ1v) is 8.42. The number of fused-ring (bicyclic) bond motifs is 1. The predicted octanol–water partition coefficient (Wildman–Crippen LogP) is 5.43. The summed E-state index contributed by atoms with van der Waals surface area (Å²) >= 11 is 9.75. The first-order valence-electron chi connectivity index (χ1n) is 7.25. The molecule has 2 aromatic rings. The van der Waals surface area contributed by atoms with Gasteiger partial charge >= 0.3 is 0 Å². The number of hydrogen-bond acceptors (Lipinski definition) is 1. The minimum Gasteiger partial charge on any atom is -0.385 e. The lowest BCUT2D eigenvalue weighted by Gasteiger charge is -2.37. The van der Waals surface area contributed by atoms with E-state index in [9.17, 15) is 5.11 Å². The maximum absolute atomic E-state index is 11.2. The zero-order chi connectivity index (χ0) is 15.0. The van der Waals surface area contributed by atoms with Crippen molar-refractivity contribution in [1.82, 2.24) is 0 Å². The minimum atomic E-state index is -0.819. The second-order valence-electron chi connectivity index (χ2n) is 5.97. The van der Waals surface area contributed by atoms with E-state index in [1.54, 1.807) is 0 Å². The molecular formula is C18H18BrClO. The number of rotatable bonds is 2. The average molecular weight is 366 g/mol. The number of aliphatic hydroxyl groups is 1. The van der Waals surface area contributed by atoms with Crippen molar-refractivity contribution in [2.75, 3.05) is 0 Å². The van der Waals surface area contributed by atoms with Crippen molar-refractivity contribution in [1.29, 1.82) is 0 Å². The largest absolute Gasteiger partial charge is 0.385 e. The highest BCUT2D eigenvalue weighted by Crippen LogP contribution is 2.43. The molecule has 0 spiro atoms. The van der Waals surface area contributed by atoms with Crippen molar-refractivity contribution in [2.45, 2.75) is 37.7 Å². The van der Waals surface area contributed by atoms with E-state index in [-0.39, 0.29) is 0 Å². The Morgan fingerprint density at radius 3 is 2.81 bits per heavy atom. The molecule has 0 fully saturated rings. The third kappa shape index (κ3) is 2.90. The lowest BCUT2D eigenvalue weighted by molar-refractivity contribution is 0.0159. The number of benzene rings is 2. The summed E-state index contributed by atoms with van der Waals surface area (Å²) < 4.78 is 0.959. The van der Waals surface area contributed by atoms with E-state index in [4.69, 9.17) is 11.6 Å². The second-order valence-corrected chi connectivity index (χ2v) is 7.29. The van der Waals surface area contributed by atoms with Gasteiger partial charge in [-0.3, -0.25) is 0 Å². The molecule has 0 aromatic heterocycles. The smallest absolute Gasteiger partial charge is 0.0940 e. The third-order valence-corrected chi connectivity index (χ3v) is 5.33. The van der Waals surface area contributed by atoms with Crippen LogP contribution < -0.4 is 0 Å². The van der Waals surface area contributed by atoms with Crippen LogP contribution in [0.25, 0.3) is 0 Å². The van der Waals surface area contributed by atoms with Crippen LogP contribution >= 0.6 is 27.5 Å². The van der Waals surface area contributed by atoms with Gasteiger partial charge in [-0.2, -0.15) is 0 Å². The molecule has 0 amide bonds. The van der Waals surface area contributed by atoms with E-state index in [1.165, 1.54) is 5.56 Å². The molecule has 0 saturated carbocycles. The second kappa shape index (κ2) is 5.75. The van der Waals surface area contributed by atoms with Gasteiger partial charge in [0.2, 0.25) is 0 Å². The maximum atomic E-state index is 11.2. The number of halogens is 2. The van der Waals surface area contributed by atoms with Crippen molar-refractivity contribution in [2.24, 2.45) is 0 Å².